The smallest absolute Gasteiger partial charge is 0.321 e. The van der Waals surface area contributed by atoms with Crippen LogP contribution in [-0.4, -0.2) is 51.2 Å². The summed E-state index contributed by atoms with van der Waals surface area (Å²) < 4.78 is 0. The highest BCUT2D eigenvalue weighted by atomic mass is 16.4. The number of rotatable bonds is 9. The maximum Gasteiger partial charge on any atom is 0.321 e. The van der Waals surface area contributed by atoms with Crippen molar-refractivity contribution < 1.29 is 34.5 Å². The number of nitrogens with one attached hydrogen (secondary N) is 1. The second-order valence-corrected chi connectivity index (χ2v) is 3.55. The van der Waals surface area contributed by atoms with Gasteiger partial charge in [0.2, 0.25) is 5.91 Å². The Kier molecular flexibility index (Phi) is 6.35. The van der Waals surface area contributed by atoms with Crippen LogP contribution in [0.5, 0.6) is 0 Å². The van der Waals surface area contributed by atoms with E-state index in [9.17, 15) is 19.2 Å². The van der Waals surface area contributed by atoms with Gasteiger partial charge in [0.1, 0.15) is 12.1 Å². The molecule has 0 saturated heterocycles. The molecule has 0 aliphatic carbocycles. The molecule has 0 aromatic heterocycles. The van der Waals surface area contributed by atoms with Gasteiger partial charge in [0, 0.05) is 6.42 Å². The number of hydrogen-bond donors (Lipinski definition) is 5. The molecule has 9 heteroatoms. The molecule has 102 valence electrons. The maximum absolute atomic E-state index is 10.8. The number of carboxylic acid groups (broad SMARTS) is 3. The molecule has 0 bridgehead atoms. The lowest BCUT2D eigenvalue weighted by molar-refractivity contribution is -0.144. The van der Waals surface area contributed by atoms with Crippen LogP contribution in [0, 0.1) is 0 Å². The topological polar surface area (TPSA) is 167 Å². The molecule has 0 aromatic carbocycles. The van der Waals surface area contributed by atoms with Crippen LogP contribution in [0.25, 0.3) is 0 Å². The van der Waals surface area contributed by atoms with Gasteiger partial charge in [0.15, 0.2) is 0 Å². The van der Waals surface area contributed by atoms with Gasteiger partial charge in [-0.2, -0.15) is 0 Å². The van der Waals surface area contributed by atoms with Crippen LogP contribution in [-0.2, 0) is 19.2 Å². The van der Waals surface area contributed by atoms with E-state index in [1.165, 1.54) is 0 Å². The highest BCUT2D eigenvalue weighted by Crippen LogP contribution is 2.02. The Hall–Kier alpha value is -2.16. The second kappa shape index (κ2) is 7.22. The zero-order valence-electron chi connectivity index (χ0n) is 9.33. The Bertz CT molecular complexity index is 355. The van der Waals surface area contributed by atoms with Gasteiger partial charge in [-0.1, -0.05) is 0 Å². The predicted molar refractivity (Wildman–Crippen MR) is 56.7 cm³/mol. The SMILES string of the molecule is NC(=O)C[C@H](N[C@H](CCC(=O)O)C(=O)O)C(=O)O. The summed E-state index contributed by atoms with van der Waals surface area (Å²) in [6.45, 7) is 0. The van der Waals surface area contributed by atoms with Gasteiger partial charge in [0.25, 0.3) is 0 Å². The average Bonchev–Trinajstić information content (AvgIpc) is 2.20. The van der Waals surface area contributed by atoms with Crippen LogP contribution < -0.4 is 11.1 Å². The van der Waals surface area contributed by atoms with E-state index in [0.29, 0.717) is 0 Å². The zero-order valence-corrected chi connectivity index (χ0v) is 9.33. The Balaban J connectivity index is 4.60. The van der Waals surface area contributed by atoms with E-state index in [-0.39, 0.29) is 6.42 Å². The van der Waals surface area contributed by atoms with Crippen LogP contribution >= 0.6 is 0 Å². The lowest BCUT2D eigenvalue weighted by Gasteiger charge is -2.18. The van der Waals surface area contributed by atoms with Gasteiger partial charge in [-0.3, -0.25) is 24.5 Å². The molecule has 0 aliphatic rings. The summed E-state index contributed by atoms with van der Waals surface area (Å²) in [5.41, 5.74) is 4.82. The summed E-state index contributed by atoms with van der Waals surface area (Å²) in [7, 11) is 0. The van der Waals surface area contributed by atoms with Crippen LogP contribution in [0.2, 0.25) is 0 Å². The molecule has 0 fully saturated rings. The van der Waals surface area contributed by atoms with Crippen molar-refractivity contribution in [1.82, 2.24) is 5.32 Å². The molecule has 0 spiro atoms. The van der Waals surface area contributed by atoms with Crippen molar-refractivity contribution in [2.45, 2.75) is 31.3 Å². The Morgan fingerprint density at radius 1 is 1.00 bits per heavy atom. The van der Waals surface area contributed by atoms with Crippen molar-refractivity contribution in [2.75, 3.05) is 0 Å². The molecular weight excluding hydrogens is 248 g/mol. The standard InChI is InChI=1S/C9H14N2O7/c10-6(12)3-5(9(17)18)11-4(8(15)16)1-2-7(13)14/h4-5,11H,1-3H2,(H2,10,12)(H,13,14)(H,15,16)(H,17,18)/t4-,5+/m1/s1. The van der Waals surface area contributed by atoms with Gasteiger partial charge in [-0.05, 0) is 6.42 Å². The molecule has 0 radical (unpaired) electrons. The first-order valence-corrected chi connectivity index (χ1v) is 4.95. The molecular formula is C9H14N2O7. The summed E-state index contributed by atoms with van der Waals surface area (Å²) >= 11 is 0. The van der Waals surface area contributed by atoms with Crippen molar-refractivity contribution >= 4 is 23.8 Å². The molecule has 0 saturated carbocycles. The molecule has 6 N–H and O–H groups in total. The summed E-state index contributed by atoms with van der Waals surface area (Å²) in [5, 5.41) is 28.1. The highest BCUT2D eigenvalue weighted by molar-refractivity contribution is 5.84. The fourth-order valence-corrected chi connectivity index (χ4v) is 1.21. The molecule has 0 unspecified atom stereocenters. The van der Waals surface area contributed by atoms with E-state index in [1.54, 1.807) is 0 Å². The Morgan fingerprint density at radius 2 is 1.50 bits per heavy atom. The van der Waals surface area contributed by atoms with Crippen molar-refractivity contribution in [1.29, 1.82) is 0 Å². The van der Waals surface area contributed by atoms with E-state index < -0.39 is 48.7 Å². The minimum atomic E-state index is -1.46. The van der Waals surface area contributed by atoms with Crippen LogP contribution in [0.1, 0.15) is 19.3 Å². The first kappa shape index (κ1) is 15.8. The van der Waals surface area contributed by atoms with Crippen molar-refractivity contribution in [3.63, 3.8) is 0 Å². The van der Waals surface area contributed by atoms with Gasteiger partial charge < -0.3 is 21.1 Å². The van der Waals surface area contributed by atoms with E-state index in [4.69, 9.17) is 21.1 Å². The van der Waals surface area contributed by atoms with E-state index >= 15 is 0 Å². The lowest BCUT2D eigenvalue weighted by atomic mass is 10.1. The number of carboxylic acids is 3. The molecule has 18 heavy (non-hydrogen) atoms. The van der Waals surface area contributed by atoms with E-state index in [0.717, 1.165) is 0 Å². The number of primary amides is 1. The molecule has 0 heterocycles. The molecule has 0 rings (SSSR count). The summed E-state index contributed by atoms with van der Waals surface area (Å²) in [6.07, 6.45) is -1.31. The third-order valence-electron chi connectivity index (χ3n) is 2.05. The van der Waals surface area contributed by atoms with Crippen molar-refractivity contribution in [2.24, 2.45) is 5.73 Å². The quantitative estimate of drug-likeness (QED) is 0.325. The van der Waals surface area contributed by atoms with Crippen LogP contribution in [0.4, 0.5) is 0 Å². The Labute approximate surface area is 102 Å². The first-order valence-electron chi connectivity index (χ1n) is 4.95. The lowest BCUT2D eigenvalue weighted by Crippen LogP contribution is -2.48. The summed E-state index contributed by atoms with van der Waals surface area (Å²) in [6, 6.07) is -2.83. The van der Waals surface area contributed by atoms with E-state index in [1.807, 2.05) is 0 Å². The fraction of sp³-hybridized carbons (Fsp3) is 0.556. The number of carbonyl (C=O) groups is 4. The van der Waals surface area contributed by atoms with Gasteiger partial charge in [-0.15, -0.1) is 0 Å². The molecule has 0 aromatic rings. The fourth-order valence-electron chi connectivity index (χ4n) is 1.21. The minimum absolute atomic E-state index is 0.298. The van der Waals surface area contributed by atoms with Gasteiger partial charge >= 0.3 is 17.9 Å². The van der Waals surface area contributed by atoms with Crippen molar-refractivity contribution in [3.05, 3.63) is 0 Å². The molecule has 0 aliphatic heterocycles. The third kappa shape index (κ3) is 6.43. The van der Waals surface area contributed by atoms with Gasteiger partial charge in [-0.25, -0.2) is 0 Å². The average molecular weight is 262 g/mol. The predicted octanol–water partition coefficient (Wildman–Crippen LogP) is -1.78. The van der Waals surface area contributed by atoms with Crippen LogP contribution in [0.15, 0.2) is 0 Å². The second-order valence-electron chi connectivity index (χ2n) is 3.55. The summed E-state index contributed by atoms with van der Waals surface area (Å²) in [4.78, 5) is 42.5. The number of hydrogen-bond acceptors (Lipinski definition) is 5. The molecule has 9 nitrogen and oxygen atoms in total. The Morgan fingerprint density at radius 3 is 1.83 bits per heavy atom. The molecule has 2 atom stereocenters. The largest absolute Gasteiger partial charge is 0.481 e. The summed E-state index contributed by atoms with van der Waals surface area (Å²) in [5.74, 6) is -4.94. The van der Waals surface area contributed by atoms with E-state index in [2.05, 4.69) is 5.32 Å². The normalized spacial score (nSPS) is 13.6. The van der Waals surface area contributed by atoms with Crippen molar-refractivity contribution in [3.8, 4) is 0 Å². The zero-order chi connectivity index (χ0) is 14.3. The number of aliphatic carboxylic acids is 3. The first-order chi connectivity index (χ1) is 8.23. The van der Waals surface area contributed by atoms with Crippen LogP contribution in [0.3, 0.4) is 0 Å². The monoisotopic (exact) mass is 262 g/mol. The third-order valence-corrected chi connectivity index (χ3v) is 2.05. The molecule has 1 amide bonds. The number of nitrogens with two attached hydrogens (primary N) is 1. The highest BCUT2D eigenvalue weighted by Gasteiger charge is 2.27. The number of amides is 1. The minimum Gasteiger partial charge on any atom is -0.481 e. The number of carbonyl (C=O) groups excluding carboxylic acids is 1. The van der Waals surface area contributed by atoms with Gasteiger partial charge in [0.05, 0.1) is 6.42 Å². The maximum atomic E-state index is 10.8.